The smallest absolute Gasteiger partial charge is 0.272 e. The molecular formula is C13H14ClN3O. The summed E-state index contributed by atoms with van der Waals surface area (Å²) in [6, 6.07) is 5.41. The maximum absolute atomic E-state index is 12.1. The van der Waals surface area contributed by atoms with Crippen LogP contribution < -0.4 is 5.32 Å². The van der Waals surface area contributed by atoms with Gasteiger partial charge in [0.1, 0.15) is 5.69 Å². The third kappa shape index (κ3) is 2.54. The summed E-state index contributed by atoms with van der Waals surface area (Å²) in [7, 11) is 0. The van der Waals surface area contributed by atoms with Gasteiger partial charge in [0, 0.05) is 18.9 Å². The van der Waals surface area contributed by atoms with Crippen LogP contribution in [-0.2, 0) is 6.54 Å². The second kappa shape index (κ2) is 5.23. The van der Waals surface area contributed by atoms with Gasteiger partial charge in [-0.25, -0.2) is 4.98 Å². The minimum Gasteiger partial charge on any atom is -0.344 e. The van der Waals surface area contributed by atoms with Gasteiger partial charge >= 0.3 is 0 Å². The Kier molecular flexibility index (Phi) is 3.67. The van der Waals surface area contributed by atoms with Gasteiger partial charge in [-0.1, -0.05) is 11.6 Å². The van der Waals surface area contributed by atoms with E-state index in [2.05, 4.69) is 10.3 Å². The lowest BCUT2D eigenvalue weighted by Gasteiger charge is -2.09. The molecule has 2 aromatic rings. The lowest BCUT2D eigenvalue weighted by molar-refractivity contribution is 0.101. The van der Waals surface area contributed by atoms with E-state index in [-0.39, 0.29) is 5.91 Å². The first-order chi connectivity index (χ1) is 8.61. The summed E-state index contributed by atoms with van der Waals surface area (Å²) in [5.41, 5.74) is 2.08. The maximum atomic E-state index is 12.1. The van der Waals surface area contributed by atoms with Gasteiger partial charge in [0.05, 0.1) is 5.69 Å². The minimum atomic E-state index is -0.184. The van der Waals surface area contributed by atoms with E-state index in [0.29, 0.717) is 16.5 Å². The van der Waals surface area contributed by atoms with Gasteiger partial charge in [0.25, 0.3) is 5.91 Å². The number of halogens is 1. The van der Waals surface area contributed by atoms with E-state index in [1.165, 1.54) is 0 Å². The third-order valence-corrected chi connectivity index (χ3v) is 2.93. The van der Waals surface area contributed by atoms with E-state index >= 15 is 0 Å². The molecule has 1 N–H and O–H groups in total. The van der Waals surface area contributed by atoms with Crippen LogP contribution in [0.1, 0.15) is 23.0 Å². The number of aromatic nitrogens is 2. The second-order valence-corrected chi connectivity index (χ2v) is 4.34. The number of carbonyl (C=O) groups excluding carboxylic acids is 1. The number of amides is 1. The van der Waals surface area contributed by atoms with Crippen LogP contribution >= 0.6 is 11.6 Å². The molecule has 0 unspecified atom stereocenters. The topological polar surface area (TPSA) is 46.9 Å². The Morgan fingerprint density at radius 3 is 3.06 bits per heavy atom. The second-order valence-electron chi connectivity index (χ2n) is 3.98. The summed E-state index contributed by atoms with van der Waals surface area (Å²) in [4.78, 5) is 16.1. The van der Waals surface area contributed by atoms with Crippen molar-refractivity contribution in [1.29, 1.82) is 0 Å². The molecule has 4 nitrogen and oxygen atoms in total. The number of aryl methyl sites for hydroxylation is 2. The van der Waals surface area contributed by atoms with Crippen LogP contribution in [0.4, 0.5) is 5.69 Å². The zero-order chi connectivity index (χ0) is 13.1. The maximum Gasteiger partial charge on any atom is 0.272 e. The molecule has 2 aromatic heterocycles. The lowest BCUT2D eigenvalue weighted by Crippen LogP contribution is -2.16. The van der Waals surface area contributed by atoms with E-state index in [1.807, 2.05) is 30.7 Å². The molecule has 0 aliphatic rings. The van der Waals surface area contributed by atoms with Crippen LogP contribution in [-0.4, -0.2) is 15.5 Å². The van der Waals surface area contributed by atoms with Gasteiger partial charge < -0.3 is 9.88 Å². The Morgan fingerprint density at radius 1 is 1.56 bits per heavy atom. The summed E-state index contributed by atoms with van der Waals surface area (Å²) in [6.07, 6.45) is 3.53. The lowest BCUT2D eigenvalue weighted by atomic mass is 10.3. The zero-order valence-corrected chi connectivity index (χ0v) is 11.0. The highest BCUT2D eigenvalue weighted by molar-refractivity contribution is 6.32. The van der Waals surface area contributed by atoms with Crippen LogP contribution in [0.2, 0.25) is 5.15 Å². The van der Waals surface area contributed by atoms with Crippen molar-refractivity contribution in [3.8, 4) is 0 Å². The van der Waals surface area contributed by atoms with Crippen LogP contribution in [0, 0.1) is 6.92 Å². The Labute approximate surface area is 111 Å². The van der Waals surface area contributed by atoms with Gasteiger partial charge in [-0.3, -0.25) is 4.79 Å². The van der Waals surface area contributed by atoms with E-state index in [9.17, 15) is 4.79 Å². The van der Waals surface area contributed by atoms with Crippen molar-refractivity contribution < 1.29 is 4.79 Å². The SMILES string of the molecule is CCn1cccc1C(=O)Nc1cc(C)cnc1Cl. The average molecular weight is 264 g/mol. The molecule has 2 heterocycles. The van der Waals surface area contributed by atoms with Crippen molar-refractivity contribution >= 4 is 23.2 Å². The molecule has 1 amide bonds. The molecule has 18 heavy (non-hydrogen) atoms. The standard InChI is InChI=1S/C13H14ClN3O/c1-3-17-6-4-5-11(17)13(18)16-10-7-9(2)8-15-12(10)14/h4-8H,3H2,1-2H3,(H,16,18). The number of pyridine rings is 1. The number of anilines is 1. The number of rotatable bonds is 3. The molecule has 0 aliphatic carbocycles. The highest BCUT2D eigenvalue weighted by atomic mass is 35.5. The summed E-state index contributed by atoms with van der Waals surface area (Å²) < 4.78 is 1.87. The Balaban J connectivity index is 2.24. The zero-order valence-electron chi connectivity index (χ0n) is 10.3. The van der Waals surface area contributed by atoms with E-state index < -0.39 is 0 Å². The molecule has 0 aliphatic heterocycles. The average Bonchev–Trinajstić information content (AvgIpc) is 2.82. The largest absolute Gasteiger partial charge is 0.344 e. The van der Waals surface area contributed by atoms with Gasteiger partial charge in [-0.2, -0.15) is 0 Å². The van der Waals surface area contributed by atoms with Gasteiger partial charge in [-0.05, 0) is 37.6 Å². The van der Waals surface area contributed by atoms with Crippen molar-refractivity contribution in [2.45, 2.75) is 20.4 Å². The van der Waals surface area contributed by atoms with E-state index in [4.69, 9.17) is 11.6 Å². The molecule has 94 valence electrons. The Morgan fingerprint density at radius 2 is 2.33 bits per heavy atom. The molecular weight excluding hydrogens is 250 g/mol. The number of hydrogen-bond donors (Lipinski definition) is 1. The first-order valence-electron chi connectivity index (χ1n) is 5.70. The summed E-state index contributed by atoms with van der Waals surface area (Å²) in [6.45, 7) is 4.63. The highest BCUT2D eigenvalue weighted by Gasteiger charge is 2.12. The fourth-order valence-electron chi connectivity index (χ4n) is 1.72. The molecule has 0 saturated carbocycles. The van der Waals surface area contributed by atoms with Crippen molar-refractivity contribution in [1.82, 2.24) is 9.55 Å². The normalized spacial score (nSPS) is 10.4. The van der Waals surface area contributed by atoms with Gasteiger partial charge in [-0.15, -0.1) is 0 Å². The molecule has 0 bridgehead atoms. The number of nitrogens with one attached hydrogen (secondary N) is 1. The van der Waals surface area contributed by atoms with Crippen molar-refractivity contribution in [3.63, 3.8) is 0 Å². The molecule has 0 aromatic carbocycles. The van der Waals surface area contributed by atoms with Crippen molar-refractivity contribution in [2.75, 3.05) is 5.32 Å². The van der Waals surface area contributed by atoms with Gasteiger partial charge in [0.15, 0.2) is 5.15 Å². The quantitative estimate of drug-likeness (QED) is 0.865. The molecule has 0 fully saturated rings. The molecule has 2 rings (SSSR count). The molecule has 0 atom stereocenters. The number of hydrogen-bond acceptors (Lipinski definition) is 2. The first-order valence-corrected chi connectivity index (χ1v) is 6.08. The first kappa shape index (κ1) is 12.6. The molecule has 0 spiro atoms. The molecule has 0 saturated heterocycles. The number of nitrogens with zero attached hydrogens (tertiary/aromatic N) is 2. The van der Waals surface area contributed by atoms with Crippen molar-refractivity contribution in [3.05, 3.63) is 47.0 Å². The van der Waals surface area contributed by atoms with E-state index in [0.717, 1.165) is 12.1 Å². The molecule has 5 heteroatoms. The van der Waals surface area contributed by atoms with E-state index in [1.54, 1.807) is 18.3 Å². The Bertz CT molecular complexity index is 577. The van der Waals surface area contributed by atoms with Crippen LogP contribution in [0.15, 0.2) is 30.6 Å². The van der Waals surface area contributed by atoms with Gasteiger partial charge in [0.2, 0.25) is 0 Å². The fourth-order valence-corrected chi connectivity index (χ4v) is 1.87. The summed E-state index contributed by atoms with van der Waals surface area (Å²) in [5.74, 6) is -0.184. The highest BCUT2D eigenvalue weighted by Crippen LogP contribution is 2.20. The summed E-state index contributed by atoms with van der Waals surface area (Å²) >= 11 is 5.94. The molecule has 0 radical (unpaired) electrons. The fraction of sp³-hybridized carbons (Fsp3) is 0.231. The predicted octanol–water partition coefficient (Wildman–Crippen LogP) is 3.12. The minimum absolute atomic E-state index is 0.184. The Hall–Kier alpha value is -1.81. The van der Waals surface area contributed by atoms with Crippen molar-refractivity contribution in [2.24, 2.45) is 0 Å². The predicted molar refractivity (Wildman–Crippen MR) is 72.0 cm³/mol. The summed E-state index contributed by atoms with van der Waals surface area (Å²) in [5, 5.41) is 3.07. The van der Waals surface area contributed by atoms with Crippen LogP contribution in [0.25, 0.3) is 0 Å². The van der Waals surface area contributed by atoms with Crippen LogP contribution in [0.5, 0.6) is 0 Å². The third-order valence-electron chi connectivity index (χ3n) is 2.63. The monoisotopic (exact) mass is 263 g/mol. The number of carbonyl (C=O) groups is 1. The van der Waals surface area contributed by atoms with Crippen LogP contribution in [0.3, 0.4) is 0 Å².